The zero-order valence-corrected chi connectivity index (χ0v) is 10.3. The Bertz CT molecular complexity index is 226. The number of rotatable bonds is 5. The van der Waals surface area contributed by atoms with Crippen LogP contribution in [0.2, 0.25) is 0 Å². The molecular formula is C14H24. The SMILES string of the molecule is C=C/C(=C\C=C(/C)C(C)C)CC(C)C. The van der Waals surface area contributed by atoms with Gasteiger partial charge in [0.15, 0.2) is 0 Å². The maximum absolute atomic E-state index is 3.84. The second-order valence-electron chi connectivity index (χ2n) is 4.61. The van der Waals surface area contributed by atoms with Crippen LogP contribution in [0, 0.1) is 11.8 Å². The Balaban J connectivity index is 4.45. The standard InChI is InChI=1S/C14H24/c1-7-14(10-11(2)3)9-8-13(6)12(4)5/h7-9,11-12H,1,10H2,2-6H3/b13-8+,14-9+. The molecule has 0 unspecified atom stereocenters. The van der Waals surface area contributed by atoms with E-state index in [4.69, 9.17) is 0 Å². The van der Waals surface area contributed by atoms with Crippen LogP contribution in [0.15, 0.2) is 36.0 Å². The topological polar surface area (TPSA) is 0 Å². The molecule has 14 heavy (non-hydrogen) atoms. The third kappa shape index (κ3) is 5.80. The molecule has 0 aromatic carbocycles. The molecule has 0 heterocycles. The first-order valence-corrected chi connectivity index (χ1v) is 5.47. The van der Waals surface area contributed by atoms with E-state index in [0.717, 1.165) is 6.42 Å². The van der Waals surface area contributed by atoms with Gasteiger partial charge < -0.3 is 0 Å². The van der Waals surface area contributed by atoms with Crippen molar-refractivity contribution in [1.29, 1.82) is 0 Å². The van der Waals surface area contributed by atoms with Crippen LogP contribution in [0.5, 0.6) is 0 Å². The average molecular weight is 192 g/mol. The monoisotopic (exact) mass is 192 g/mol. The van der Waals surface area contributed by atoms with Crippen molar-refractivity contribution in [2.75, 3.05) is 0 Å². The number of hydrogen-bond donors (Lipinski definition) is 0. The molecule has 0 saturated heterocycles. The van der Waals surface area contributed by atoms with Crippen LogP contribution in [0.25, 0.3) is 0 Å². The Morgan fingerprint density at radius 3 is 2.07 bits per heavy atom. The minimum atomic E-state index is 0.636. The first-order chi connectivity index (χ1) is 6.47. The largest absolute Gasteiger partial charge is 0.0988 e. The van der Waals surface area contributed by atoms with Crippen LogP contribution >= 0.6 is 0 Å². The highest BCUT2D eigenvalue weighted by molar-refractivity contribution is 5.24. The van der Waals surface area contributed by atoms with Crippen molar-refractivity contribution < 1.29 is 0 Å². The van der Waals surface area contributed by atoms with Crippen molar-refractivity contribution in [2.45, 2.75) is 41.0 Å². The molecule has 0 aliphatic rings. The van der Waals surface area contributed by atoms with Crippen LogP contribution < -0.4 is 0 Å². The maximum atomic E-state index is 3.84. The van der Waals surface area contributed by atoms with Gasteiger partial charge in [-0.3, -0.25) is 0 Å². The van der Waals surface area contributed by atoms with Gasteiger partial charge in [0.05, 0.1) is 0 Å². The molecule has 0 spiro atoms. The smallest absolute Gasteiger partial charge is 0.0256 e. The van der Waals surface area contributed by atoms with E-state index in [2.05, 4.69) is 53.3 Å². The Morgan fingerprint density at radius 1 is 1.14 bits per heavy atom. The van der Waals surface area contributed by atoms with Crippen molar-refractivity contribution >= 4 is 0 Å². The highest BCUT2D eigenvalue weighted by Crippen LogP contribution is 2.14. The molecule has 0 saturated carbocycles. The van der Waals surface area contributed by atoms with Gasteiger partial charge in [-0.05, 0) is 30.8 Å². The lowest BCUT2D eigenvalue weighted by Crippen LogP contribution is -1.90. The molecule has 0 radical (unpaired) electrons. The first-order valence-electron chi connectivity index (χ1n) is 5.47. The highest BCUT2D eigenvalue weighted by Gasteiger charge is 1.97. The molecule has 0 atom stereocenters. The molecule has 0 aliphatic carbocycles. The zero-order chi connectivity index (χ0) is 11.1. The van der Waals surface area contributed by atoms with Gasteiger partial charge >= 0.3 is 0 Å². The van der Waals surface area contributed by atoms with E-state index in [1.807, 2.05) is 6.08 Å². The summed E-state index contributed by atoms with van der Waals surface area (Å²) in [6.45, 7) is 14.9. The van der Waals surface area contributed by atoms with E-state index < -0.39 is 0 Å². The summed E-state index contributed by atoms with van der Waals surface area (Å²) >= 11 is 0. The minimum absolute atomic E-state index is 0.636. The maximum Gasteiger partial charge on any atom is -0.0256 e. The van der Waals surface area contributed by atoms with Gasteiger partial charge in [-0.15, -0.1) is 0 Å². The summed E-state index contributed by atoms with van der Waals surface area (Å²) in [6, 6.07) is 0. The number of allylic oxidation sites excluding steroid dienone is 5. The van der Waals surface area contributed by atoms with E-state index in [-0.39, 0.29) is 0 Å². The summed E-state index contributed by atoms with van der Waals surface area (Å²) in [5, 5.41) is 0. The second kappa shape index (κ2) is 6.64. The van der Waals surface area contributed by atoms with Gasteiger partial charge in [-0.1, -0.05) is 58.1 Å². The summed E-state index contributed by atoms with van der Waals surface area (Å²) in [5.74, 6) is 1.34. The van der Waals surface area contributed by atoms with Crippen molar-refractivity contribution in [3.05, 3.63) is 36.0 Å². The van der Waals surface area contributed by atoms with E-state index in [1.165, 1.54) is 11.1 Å². The van der Waals surface area contributed by atoms with Crippen LogP contribution in [0.3, 0.4) is 0 Å². The van der Waals surface area contributed by atoms with E-state index in [1.54, 1.807) is 0 Å². The molecule has 0 aliphatic heterocycles. The molecule has 0 aromatic heterocycles. The molecule has 80 valence electrons. The highest BCUT2D eigenvalue weighted by atomic mass is 14.0. The van der Waals surface area contributed by atoms with E-state index >= 15 is 0 Å². The predicted molar refractivity (Wildman–Crippen MR) is 66.3 cm³/mol. The third-order valence-corrected chi connectivity index (χ3v) is 2.38. The Kier molecular flexibility index (Phi) is 6.27. The quantitative estimate of drug-likeness (QED) is 0.551. The van der Waals surface area contributed by atoms with Gasteiger partial charge in [0.25, 0.3) is 0 Å². The summed E-state index contributed by atoms with van der Waals surface area (Å²) in [4.78, 5) is 0. The van der Waals surface area contributed by atoms with Gasteiger partial charge in [0, 0.05) is 0 Å². The molecule has 0 heteroatoms. The lowest BCUT2D eigenvalue weighted by Gasteiger charge is -2.06. The lowest BCUT2D eigenvalue weighted by molar-refractivity contribution is 0.650. The normalized spacial score (nSPS) is 13.9. The van der Waals surface area contributed by atoms with Gasteiger partial charge in [-0.2, -0.15) is 0 Å². The first kappa shape index (κ1) is 13.2. The number of hydrogen-bond acceptors (Lipinski definition) is 0. The molecule has 0 rings (SSSR count). The fourth-order valence-corrected chi connectivity index (χ4v) is 1.12. The molecular weight excluding hydrogens is 168 g/mol. The van der Waals surface area contributed by atoms with E-state index in [0.29, 0.717) is 11.8 Å². The van der Waals surface area contributed by atoms with Crippen LogP contribution in [-0.2, 0) is 0 Å². The summed E-state index contributed by atoms with van der Waals surface area (Å²) in [7, 11) is 0. The van der Waals surface area contributed by atoms with Gasteiger partial charge in [0.1, 0.15) is 0 Å². The van der Waals surface area contributed by atoms with Crippen molar-refractivity contribution in [3.8, 4) is 0 Å². The molecule has 0 N–H and O–H groups in total. The summed E-state index contributed by atoms with van der Waals surface area (Å²) < 4.78 is 0. The fourth-order valence-electron chi connectivity index (χ4n) is 1.12. The fraction of sp³-hybridized carbons (Fsp3) is 0.571. The molecule has 0 bridgehead atoms. The van der Waals surface area contributed by atoms with Crippen molar-refractivity contribution in [2.24, 2.45) is 11.8 Å². The van der Waals surface area contributed by atoms with Gasteiger partial charge in [0.2, 0.25) is 0 Å². The predicted octanol–water partition coefficient (Wildman–Crippen LogP) is 4.75. The van der Waals surface area contributed by atoms with Crippen LogP contribution in [0.1, 0.15) is 41.0 Å². The summed E-state index contributed by atoms with van der Waals surface area (Å²) in [5.41, 5.74) is 2.76. The molecule has 0 aromatic rings. The van der Waals surface area contributed by atoms with E-state index in [9.17, 15) is 0 Å². The molecule has 0 fully saturated rings. The Morgan fingerprint density at radius 2 is 1.71 bits per heavy atom. The van der Waals surface area contributed by atoms with Gasteiger partial charge in [-0.25, -0.2) is 0 Å². The third-order valence-electron chi connectivity index (χ3n) is 2.38. The molecule has 0 nitrogen and oxygen atoms in total. The average Bonchev–Trinajstić information content (AvgIpc) is 2.10. The lowest BCUT2D eigenvalue weighted by atomic mass is 10.0. The van der Waals surface area contributed by atoms with Crippen molar-refractivity contribution in [1.82, 2.24) is 0 Å². The zero-order valence-electron chi connectivity index (χ0n) is 10.3. The summed E-state index contributed by atoms with van der Waals surface area (Å²) in [6.07, 6.45) is 7.49. The Hall–Kier alpha value is -0.780. The van der Waals surface area contributed by atoms with Crippen LogP contribution in [-0.4, -0.2) is 0 Å². The minimum Gasteiger partial charge on any atom is -0.0988 e. The van der Waals surface area contributed by atoms with Crippen LogP contribution in [0.4, 0.5) is 0 Å². The molecule has 0 amide bonds. The Labute approximate surface area is 89.4 Å². The second-order valence-corrected chi connectivity index (χ2v) is 4.61. The van der Waals surface area contributed by atoms with Crippen molar-refractivity contribution in [3.63, 3.8) is 0 Å².